The fourth-order valence-corrected chi connectivity index (χ4v) is 2.05. The molecule has 0 unspecified atom stereocenters. The molecule has 2 aromatic carbocycles. The molecule has 0 heterocycles. The van der Waals surface area contributed by atoms with Gasteiger partial charge in [-0.1, -0.05) is 24.3 Å². The molecule has 108 valence electrons. The summed E-state index contributed by atoms with van der Waals surface area (Å²) in [4.78, 5) is 23.4. The summed E-state index contributed by atoms with van der Waals surface area (Å²) < 4.78 is 0. The molecule has 0 bridgehead atoms. The van der Waals surface area contributed by atoms with E-state index in [9.17, 15) is 9.59 Å². The average Bonchev–Trinajstić information content (AvgIpc) is 2.45. The van der Waals surface area contributed by atoms with Crippen LogP contribution in [-0.4, -0.2) is 18.2 Å². The predicted octanol–water partition coefficient (Wildman–Crippen LogP) is 3.25. The van der Waals surface area contributed by atoms with Gasteiger partial charge in [0.15, 0.2) is 5.78 Å². The van der Waals surface area contributed by atoms with Crippen molar-refractivity contribution in [1.82, 2.24) is 0 Å². The zero-order chi connectivity index (χ0) is 15.2. The van der Waals surface area contributed by atoms with Gasteiger partial charge in [0, 0.05) is 16.9 Å². The number of carbonyl (C=O) groups excluding carboxylic acids is 2. The second-order valence-corrected chi connectivity index (χ2v) is 4.87. The highest BCUT2D eigenvalue weighted by molar-refractivity contribution is 6.00. The summed E-state index contributed by atoms with van der Waals surface area (Å²) in [6, 6.07) is 14.8. The first-order chi connectivity index (χ1) is 10.1. The highest BCUT2D eigenvalue weighted by atomic mass is 16.2. The van der Waals surface area contributed by atoms with E-state index in [1.165, 1.54) is 6.92 Å². The largest absolute Gasteiger partial charge is 0.376 e. The molecule has 2 rings (SSSR count). The highest BCUT2D eigenvalue weighted by Gasteiger charge is 2.08. The maximum absolute atomic E-state index is 11.9. The van der Waals surface area contributed by atoms with Crippen LogP contribution < -0.4 is 10.6 Å². The number of carbonyl (C=O) groups is 2. The second-order valence-electron chi connectivity index (χ2n) is 4.87. The molecule has 0 aliphatic heterocycles. The Labute approximate surface area is 124 Å². The molecule has 0 saturated carbocycles. The predicted molar refractivity (Wildman–Crippen MR) is 84.7 cm³/mol. The van der Waals surface area contributed by atoms with E-state index in [1.54, 1.807) is 18.2 Å². The van der Waals surface area contributed by atoms with E-state index in [0.29, 0.717) is 11.3 Å². The molecule has 0 radical (unpaired) electrons. The summed E-state index contributed by atoms with van der Waals surface area (Å²) in [5.74, 6) is -0.184. The van der Waals surface area contributed by atoms with Gasteiger partial charge >= 0.3 is 0 Å². The number of benzene rings is 2. The van der Waals surface area contributed by atoms with Gasteiger partial charge in [0.2, 0.25) is 5.91 Å². The van der Waals surface area contributed by atoms with E-state index < -0.39 is 0 Å². The van der Waals surface area contributed by atoms with Crippen LogP contribution in [0.15, 0.2) is 48.5 Å². The smallest absolute Gasteiger partial charge is 0.243 e. The van der Waals surface area contributed by atoms with Gasteiger partial charge in [-0.3, -0.25) is 9.59 Å². The summed E-state index contributed by atoms with van der Waals surface area (Å²) >= 11 is 0. The van der Waals surface area contributed by atoms with Crippen LogP contribution in [0.1, 0.15) is 22.8 Å². The van der Waals surface area contributed by atoms with Gasteiger partial charge in [-0.15, -0.1) is 0 Å². The number of anilines is 2. The summed E-state index contributed by atoms with van der Waals surface area (Å²) in [6.07, 6.45) is 0. The van der Waals surface area contributed by atoms with Crippen molar-refractivity contribution in [2.75, 3.05) is 17.2 Å². The lowest BCUT2D eigenvalue weighted by atomic mass is 10.1. The molecule has 1 amide bonds. The van der Waals surface area contributed by atoms with Crippen molar-refractivity contribution in [3.63, 3.8) is 0 Å². The van der Waals surface area contributed by atoms with Crippen LogP contribution in [0.4, 0.5) is 11.4 Å². The monoisotopic (exact) mass is 282 g/mol. The van der Waals surface area contributed by atoms with E-state index in [0.717, 1.165) is 11.3 Å². The van der Waals surface area contributed by atoms with E-state index in [1.807, 2.05) is 37.3 Å². The summed E-state index contributed by atoms with van der Waals surface area (Å²) in [5.41, 5.74) is 3.11. The van der Waals surface area contributed by atoms with Gasteiger partial charge < -0.3 is 10.6 Å². The van der Waals surface area contributed by atoms with Crippen LogP contribution in [0, 0.1) is 6.92 Å². The standard InChI is InChI=1S/C17H18N2O2/c1-12-6-5-7-14(10-12)19-17(21)11-18-16-9-4-3-8-15(16)13(2)20/h3-10,18H,11H2,1-2H3,(H,19,21). The summed E-state index contributed by atoms with van der Waals surface area (Å²) in [7, 11) is 0. The summed E-state index contributed by atoms with van der Waals surface area (Å²) in [6.45, 7) is 3.59. The number of rotatable bonds is 5. The first-order valence-corrected chi connectivity index (χ1v) is 6.76. The minimum absolute atomic E-state index is 0.0304. The number of Topliss-reactive ketones (excluding diaryl/α,β-unsaturated/α-hetero) is 1. The van der Waals surface area contributed by atoms with Crippen molar-refractivity contribution in [2.24, 2.45) is 0 Å². The van der Waals surface area contributed by atoms with Crippen molar-refractivity contribution in [3.8, 4) is 0 Å². The van der Waals surface area contributed by atoms with Crippen LogP contribution in [0.2, 0.25) is 0 Å². The van der Waals surface area contributed by atoms with E-state index in [-0.39, 0.29) is 18.2 Å². The van der Waals surface area contributed by atoms with Gasteiger partial charge in [-0.2, -0.15) is 0 Å². The Morgan fingerprint density at radius 1 is 1.05 bits per heavy atom. The van der Waals surface area contributed by atoms with Crippen molar-refractivity contribution in [3.05, 3.63) is 59.7 Å². The van der Waals surface area contributed by atoms with E-state index >= 15 is 0 Å². The van der Waals surface area contributed by atoms with Crippen LogP contribution in [0.25, 0.3) is 0 Å². The van der Waals surface area contributed by atoms with Crippen LogP contribution in [-0.2, 0) is 4.79 Å². The van der Waals surface area contributed by atoms with Crippen molar-refractivity contribution >= 4 is 23.1 Å². The van der Waals surface area contributed by atoms with Crippen LogP contribution in [0.3, 0.4) is 0 Å². The minimum Gasteiger partial charge on any atom is -0.376 e. The Kier molecular flexibility index (Phi) is 4.72. The minimum atomic E-state index is -0.154. The second kappa shape index (κ2) is 6.70. The van der Waals surface area contributed by atoms with Crippen molar-refractivity contribution < 1.29 is 9.59 Å². The van der Waals surface area contributed by atoms with E-state index in [2.05, 4.69) is 10.6 Å². The molecule has 0 atom stereocenters. The van der Waals surface area contributed by atoms with E-state index in [4.69, 9.17) is 0 Å². The molecule has 2 aromatic rings. The number of hydrogen-bond acceptors (Lipinski definition) is 3. The van der Waals surface area contributed by atoms with Crippen LogP contribution in [0.5, 0.6) is 0 Å². The Balaban J connectivity index is 1.97. The Morgan fingerprint density at radius 2 is 1.81 bits per heavy atom. The first-order valence-electron chi connectivity index (χ1n) is 6.76. The van der Waals surface area contributed by atoms with Gasteiger partial charge in [-0.05, 0) is 43.7 Å². The molecule has 0 fully saturated rings. The number of para-hydroxylation sites is 1. The number of nitrogens with one attached hydrogen (secondary N) is 2. The highest BCUT2D eigenvalue weighted by Crippen LogP contribution is 2.15. The quantitative estimate of drug-likeness (QED) is 0.828. The lowest BCUT2D eigenvalue weighted by Crippen LogP contribution is -2.22. The fourth-order valence-electron chi connectivity index (χ4n) is 2.05. The zero-order valence-electron chi connectivity index (χ0n) is 12.1. The molecule has 2 N–H and O–H groups in total. The molecule has 0 spiro atoms. The maximum atomic E-state index is 11.9. The SMILES string of the molecule is CC(=O)c1ccccc1NCC(=O)Nc1cccc(C)c1. The number of amides is 1. The molecular weight excluding hydrogens is 264 g/mol. The maximum Gasteiger partial charge on any atom is 0.243 e. The first kappa shape index (κ1) is 14.8. The molecular formula is C17H18N2O2. The van der Waals surface area contributed by atoms with Gasteiger partial charge in [0.25, 0.3) is 0 Å². The third-order valence-corrected chi connectivity index (χ3v) is 3.05. The van der Waals surface area contributed by atoms with Crippen molar-refractivity contribution in [1.29, 1.82) is 0 Å². The fraction of sp³-hybridized carbons (Fsp3) is 0.176. The zero-order valence-corrected chi connectivity index (χ0v) is 12.1. The summed E-state index contributed by atoms with van der Waals surface area (Å²) in [5, 5.41) is 5.81. The third kappa shape index (κ3) is 4.18. The van der Waals surface area contributed by atoms with Crippen LogP contribution >= 0.6 is 0 Å². The van der Waals surface area contributed by atoms with Gasteiger partial charge in [0.05, 0.1) is 6.54 Å². The number of hydrogen-bond donors (Lipinski definition) is 2. The van der Waals surface area contributed by atoms with Gasteiger partial charge in [-0.25, -0.2) is 0 Å². The Morgan fingerprint density at radius 3 is 2.52 bits per heavy atom. The number of aryl methyl sites for hydroxylation is 1. The van der Waals surface area contributed by atoms with Gasteiger partial charge in [0.1, 0.15) is 0 Å². The molecule has 21 heavy (non-hydrogen) atoms. The Hall–Kier alpha value is -2.62. The molecule has 0 saturated heterocycles. The third-order valence-electron chi connectivity index (χ3n) is 3.05. The number of ketones is 1. The molecule has 4 nitrogen and oxygen atoms in total. The normalized spacial score (nSPS) is 10.0. The molecule has 0 aliphatic rings. The molecule has 0 aliphatic carbocycles. The average molecular weight is 282 g/mol. The molecule has 0 aromatic heterocycles. The lowest BCUT2D eigenvalue weighted by Gasteiger charge is -2.10. The lowest BCUT2D eigenvalue weighted by molar-refractivity contribution is -0.114. The molecule has 4 heteroatoms. The topological polar surface area (TPSA) is 58.2 Å². The van der Waals surface area contributed by atoms with Crippen molar-refractivity contribution in [2.45, 2.75) is 13.8 Å². The Bertz CT molecular complexity index is 665.